The van der Waals surface area contributed by atoms with Crippen molar-refractivity contribution in [1.29, 1.82) is 0 Å². The molecular formula is H10CuO9S-2. The van der Waals surface area contributed by atoms with Crippen LogP contribution in [0.1, 0.15) is 0 Å². The maximum Gasteiger partial charge on any atom is 0.0311 e. The molecule has 0 spiro atoms. The Balaban J connectivity index is -0.00000000533. The van der Waals surface area contributed by atoms with Crippen LogP contribution in [0.15, 0.2) is 0 Å². The average Bonchev–Trinajstić information content (AvgIpc) is 0.722. The summed E-state index contributed by atoms with van der Waals surface area (Å²) < 4.78 is 34.1. The first kappa shape index (κ1) is 66.2. The molecule has 0 fully saturated rings. The van der Waals surface area contributed by atoms with Gasteiger partial charge >= 0.3 is 0 Å². The number of hydrogen-bond donors (Lipinski definition) is 0. The average molecular weight is 250 g/mol. The van der Waals surface area contributed by atoms with Crippen molar-refractivity contribution in [1.82, 2.24) is 0 Å². The molecule has 83 valence electrons. The van der Waals surface area contributed by atoms with E-state index in [4.69, 9.17) is 17.5 Å². The summed E-state index contributed by atoms with van der Waals surface area (Å²) in [6.45, 7) is 0. The van der Waals surface area contributed by atoms with Gasteiger partial charge in [0.25, 0.3) is 0 Å². The van der Waals surface area contributed by atoms with Crippen molar-refractivity contribution in [3.8, 4) is 0 Å². The standard InChI is InChI=1S/Cu.H2O4S.5H2O/c;1-5(2,3)4;;;;;/h;(H2,1,2,3,4);5*1H2/p-2. The minimum atomic E-state index is -5.17. The van der Waals surface area contributed by atoms with Crippen LogP contribution in [0, 0.1) is 0 Å². The second-order valence-corrected chi connectivity index (χ2v) is 1.22. The van der Waals surface area contributed by atoms with Gasteiger partial charge in [0.05, 0.1) is 0 Å². The van der Waals surface area contributed by atoms with Crippen molar-refractivity contribution in [3.05, 3.63) is 0 Å². The Morgan fingerprint density at radius 1 is 0.727 bits per heavy atom. The predicted octanol–water partition coefficient (Wildman–Crippen LogP) is -5.46. The second kappa shape index (κ2) is 22.5. The van der Waals surface area contributed by atoms with Gasteiger partial charge in [0.15, 0.2) is 0 Å². The van der Waals surface area contributed by atoms with Crippen LogP contribution in [-0.2, 0) is 27.5 Å². The summed E-state index contributed by atoms with van der Waals surface area (Å²) in [5.41, 5.74) is 0. The number of hydrogen-bond acceptors (Lipinski definition) is 4. The van der Waals surface area contributed by atoms with Gasteiger partial charge < -0.3 is 36.5 Å². The summed E-state index contributed by atoms with van der Waals surface area (Å²) >= 11 is 0. The van der Waals surface area contributed by atoms with Crippen molar-refractivity contribution >= 4 is 10.4 Å². The van der Waals surface area contributed by atoms with E-state index >= 15 is 0 Å². The fraction of sp³-hybridized carbons (Fsp3) is 0. The molecule has 0 atom stereocenters. The third-order valence-corrected chi connectivity index (χ3v) is 0. The largest absolute Gasteiger partial charge is 0.759 e. The van der Waals surface area contributed by atoms with Crippen LogP contribution in [0.5, 0.6) is 0 Å². The maximum atomic E-state index is 8.52. The van der Waals surface area contributed by atoms with E-state index in [9.17, 15) is 0 Å². The molecule has 9 nitrogen and oxygen atoms in total. The van der Waals surface area contributed by atoms with E-state index < -0.39 is 10.4 Å². The van der Waals surface area contributed by atoms with Crippen molar-refractivity contribution < 1.29 is 62.0 Å². The van der Waals surface area contributed by atoms with Crippen LogP contribution in [0.2, 0.25) is 0 Å². The van der Waals surface area contributed by atoms with Gasteiger partial charge in [0.2, 0.25) is 0 Å². The molecule has 10 N–H and O–H groups in total. The van der Waals surface area contributed by atoms with E-state index in [0.717, 1.165) is 0 Å². The van der Waals surface area contributed by atoms with Crippen molar-refractivity contribution in [3.63, 3.8) is 0 Å². The molecule has 0 unspecified atom stereocenters. The third kappa shape index (κ3) is 19000. The summed E-state index contributed by atoms with van der Waals surface area (Å²) in [6.07, 6.45) is 0. The van der Waals surface area contributed by atoms with Gasteiger partial charge in [0.1, 0.15) is 0 Å². The van der Waals surface area contributed by atoms with Crippen molar-refractivity contribution in [2.75, 3.05) is 0 Å². The topological polar surface area (TPSA) is 238 Å². The molecule has 11 heavy (non-hydrogen) atoms. The molecule has 0 aromatic carbocycles. The van der Waals surface area contributed by atoms with Gasteiger partial charge in [-0.15, -0.1) is 0 Å². The molecule has 0 heterocycles. The molecule has 1 radical (unpaired) electrons. The molecular weight excluding hydrogens is 240 g/mol. The predicted molar refractivity (Wildman–Crippen MR) is 28.5 cm³/mol. The van der Waals surface area contributed by atoms with Crippen molar-refractivity contribution in [2.24, 2.45) is 0 Å². The molecule has 0 aliphatic heterocycles. The van der Waals surface area contributed by atoms with E-state index in [1.165, 1.54) is 0 Å². The zero-order chi connectivity index (χ0) is 4.50. The number of rotatable bonds is 0. The van der Waals surface area contributed by atoms with Gasteiger partial charge in [-0.3, -0.25) is 8.42 Å². The first-order valence-electron chi connectivity index (χ1n) is 0.667. The summed E-state index contributed by atoms with van der Waals surface area (Å²) in [4.78, 5) is 0. The van der Waals surface area contributed by atoms with Crippen molar-refractivity contribution in [2.45, 2.75) is 0 Å². The van der Waals surface area contributed by atoms with Gasteiger partial charge in [-0.05, 0) is 0 Å². The van der Waals surface area contributed by atoms with E-state index in [0.29, 0.717) is 0 Å². The molecule has 0 saturated heterocycles. The Labute approximate surface area is 73.0 Å². The molecule has 0 aliphatic rings. The molecule has 0 aromatic rings. The Bertz CT molecular complexity index is 92.7. The first-order chi connectivity index (χ1) is 2.00. The first-order valence-corrected chi connectivity index (χ1v) is 2.00. The Hall–Kier alpha value is 0.189. The molecule has 11 heteroatoms. The molecule has 0 aliphatic carbocycles. The van der Waals surface area contributed by atoms with E-state index in [1.54, 1.807) is 0 Å². The van der Waals surface area contributed by atoms with Crippen LogP contribution in [0.3, 0.4) is 0 Å². The molecule has 0 amide bonds. The normalized spacial score (nSPS) is 5.27. The Morgan fingerprint density at radius 2 is 0.727 bits per heavy atom. The van der Waals surface area contributed by atoms with Gasteiger partial charge in [-0.2, -0.15) is 0 Å². The maximum absolute atomic E-state index is 8.52. The fourth-order valence-corrected chi connectivity index (χ4v) is 0. The van der Waals surface area contributed by atoms with Crippen LogP contribution in [-0.4, -0.2) is 44.9 Å². The third-order valence-electron chi connectivity index (χ3n) is 0. The quantitative estimate of drug-likeness (QED) is 0.232. The SMILES string of the molecule is O.O.O.O.O.O=S(=O)([O-])[O-].[Cu]. The molecule has 0 saturated carbocycles. The monoisotopic (exact) mass is 249 g/mol. The molecule has 0 aromatic heterocycles. The smallest absolute Gasteiger partial charge is 0.0311 e. The van der Waals surface area contributed by atoms with E-state index in [-0.39, 0.29) is 44.4 Å². The Kier molecular flexibility index (Phi) is 135. The zero-order valence-corrected chi connectivity index (χ0v) is 6.60. The summed E-state index contributed by atoms with van der Waals surface area (Å²) in [7, 11) is -5.17. The minimum Gasteiger partial charge on any atom is -0.759 e. The van der Waals surface area contributed by atoms with Crippen LogP contribution in [0.25, 0.3) is 0 Å². The minimum absolute atomic E-state index is 0. The summed E-state index contributed by atoms with van der Waals surface area (Å²) in [5.74, 6) is 0. The van der Waals surface area contributed by atoms with Crippen LogP contribution >= 0.6 is 0 Å². The van der Waals surface area contributed by atoms with Gasteiger partial charge in [0, 0.05) is 27.5 Å². The summed E-state index contributed by atoms with van der Waals surface area (Å²) in [6, 6.07) is 0. The fourth-order valence-electron chi connectivity index (χ4n) is 0. The zero-order valence-electron chi connectivity index (χ0n) is 4.84. The molecule has 0 bridgehead atoms. The van der Waals surface area contributed by atoms with Gasteiger partial charge in [-0.25, -0.2) is 0 Å². The summed E-state index contributed by atoms with van der Waals surface area (Å²) in [5, 5.41) is 0. The van der Waals surface area contributed by atoms with E-state index in [2.05, 4.69) is 0 Å². The van der Waals surface area contributed by atoms with Crippen LogP contribution < -0.4 is 0 Å². The van der Waals surface area contributed by atoms with E-state index in [1.807, 2.05) is 0 Å². The van der Waals surface area contributed by atoms with Gasteiger partial charge in [-0.1, -0.05) is 0 Å². The second-order valence-electron chi connectivity index (χ2n) is 0.408. The molecule has 0 rings (SSSR count). The Morgan fingerprint density at radius 3 is 0.727 bits per heavy atom. The van der Waals surface area contributed by atoms with Crippen LogP contribution in [0.4, 0.5) is 0 Å².